The van der Waals surface area contributed by atoms with Crippen molar-refractivity contribution < 1.29 is 27.4 Å². The van der Waals surface area contributed by atoms with Crippen LogP contribution in [0.15, 0.2) is 41.3 Å². The van der Waals surface area contributed by atoms with Gasteiger partial charge in [0.15, 0.2) is 11.5 Å². The molecule has 170 valence electrons. The molecule has 31 heavy (non-hydrogen) atoms. The van der Waals surface area contributed by atoms with Gasteiger partial charge in [0.1, 0.15) is 5.75 Å². The molecule has 0 saturated heterocycles. The molecule has 0 bridgehead atoms. The molecule has 0 atom stereocenters. The van der Waals surface area contributed by atoms with Gasteiger partial charge in [0.25, 0.3) is 5.91 Å². The van der Waals surface area contributed by atoms with Crippen LogP contribution in [0.4, 0.5) is 5.69 Å². The van der Waals surface area contributed by atoms with Crippen molar-refractivity contribution in [2.75, 3.05) is 38.7 Å². The lowest BCUT2D eigenvalue weighted by Gasteiger charge is -2.19. The van der Waals surface area contributed by atoms with Gasteiger partial charge >= 0.3 is 0 Å². The summed E-state index contributed by atoms with van der Waals surface area (Å²) in [5.74, 6) is 0.926. The highest BCUT2D eigenvalue weighted by Crippen LogP contribution is 2.31. The highest BCUT2D eigenvalue weighted by atomic mass is 32.2. The fourth-order valence-electron chi connectivity index (χ4n) is 3.04. The van der Waals surface area contributed by atoms with E-state index in [1.165, 1.54) is 29.6 Å². The second-order valence-electron chi connectivity index (χ2n) is 6.43. The van der Waals surface area contributed by atoms with Gasteiger partial charge in [0.05, 0.1) is 30.9 Å². The van der Waals surface area contributed by atoms with Crippen LogP contribution >= 0.6 is 0 Å². The van der Waals surface area contributed by atoms with E-state index in [0.29, 0.717) is 49.1 Å². The van der Waals surface area contributed by atoms with Crippen molar-refractivity contribution in [1.82, 2.24) is 4.31 Å². The van der Waals surface area contributed by atoms with E-state index in [4.69, 9.17) is 14.2 Å². The summed E-state index contributed by atoms with van der Waals surface area (Å²) in [4.78, 5) is 13.0. The van der Waals surface area contributed by atoms with Gasteiger partial charge < -0.3 is 19.5 Å². The van der Waals surface area contributed by atoms with Crippen LogP contribution < -0.4 is 19.5 Å². The number of nitrogens with one attached hydrogen (secondary N) is 1. The Labute approximate surface area is 184 Å². The van der Waals surface area contributed by atoms with E-state index in [2.05, 4.69) is 5.32 Å². The number of methoxy groups -OCH3 is 1. The molecule has 0 aliphatic heterocycles. The molecule has 0 radical (unpaired) electrons. The predicted octanol–water partition coefficient (Wildman–Crippen LogP) is 3.78. The molecule has 0 saturated carbocycles. The lowest BCUT2D eigenvalue weighted by atomic mass is 10.1. The summed E-state index contributed by atoms with van der Waals surface area (Å²) in [6, 6.07) is 9.27. The standard InChI is InChI=1S/C22H30N2O6S/c1-6-24(7-2)31(26,27)17-11-13-19(28-5)18(15-17)23-22(25)16-10-12-20(29-8-3)21(14-16)30-9-4/h10-15H,6-9H2,1-5H3,(H,23,25). The molecule has 8 nitrogen and oxygen atoms in total. The van der Waals surface area contributed by atoms with Gasteiger partial charge in [-0.15, -0.1) is 0 Å². The second-order valence-corrected chi connectivity index (χ2v) is 8.37. The molecule has 2 aromatic rings. The van der Waals surface area contributed by atoms with E-state index in [9.17, 15) is 13.2 Å². The average molecular weight is 451 g/mol. The first-order valence-electron chi connectivity index (χ1n) is 10.2. The van der Waals surface area contributed by atoms with E-state index in [1.807, 2.05) is 13.8 Å². The fraction of sp³-hybridized carbons (Fsp3) is 0.409. The van der Waals surface area contributed by atoms with Crippen LogP contribution in [0.2, 0.25) is 0 Å². The maximum Gasteiger partial charge on any atom is 0.255 e. The lowest BCUT2D eigenvalue weighted by Crippen LogP contribution is -2.30. The Morgan fingerprint density at radius 3 is 2.10 bits per heavy atom. The van der Waals surface area contributed by atoms with E-state index in [1.54, 1.807) is 32.0 Å². The summed E-state index contributed by atoms with van der Waals surface area (Å²) >= 11 is 0. The zero-order valence-electron chi connectivity index (χ0n) is 18.6. The number of benzene rings is 2. The topological polar surface area (TPSA) is 94.2 Å². The molecule has 0 aliphatic rings. The normalized spacial score (nSPS) is 11.3. The number of anilines is 1. The van der Waals surface area contributed by atoms with Crippen molar-refractivity contribution >= 4 is 21.6 Å². The highest BCUT2D eigenvalue weighted by molar-refractivity contribution is 7.89. The number of amides is 1. The third-order valence-corrected chi connectivity index (χ3v) is 6.61. The smallest absolute Gasteiger partial charge is 0.255 e. The maximum atomic E-state index is 12.9. The molecule has 0 spiro atoms. The summed E-state index contributed by atoms with van der Waals surface area (Å²) in [6.07, 6.45) is 0. The van der Waals surface area contributed by atoms with Crippen molar-refractivity contribution in [3.05, 3.63) is 42.0 Å². The number of hydrogen-bond acceptors (Lipinski definition) is 6. The molecule has 0 unspecified atom stereocenters. The molecule has 0 fully saturated rings. The first-order valence-corrected chi connectivity index (χ1v) is 11.6. The molecular formula is C22H30N2O6S. The third-order valence-electron chi connectivity index (χ3n) is 4.57. The monoisotopic (exact) mass is 450 g/mol. The Bertz CT molecular complexity index is 1000. The van der Waals surface area contributed by atoms with Gasteiger partial charge in [0.2, 0.25) is 10.0 Å². The van der Waals surface area contributed by atoms with Crippen molar-refractivity contribution in [3.63, 3.8) is 0 Å². The zero-order valence-corrected chi connectivity index (χ0v) is 19.4. The van der Waals surface area contributed by atoms with Crippen molar-refractivity contribution in [3.8, 4) is 17.2 Å². The molecular weight excluding hydrogens is 420 g/mol. The van der Waals surface area contributed by atoms with Crippen LogP contribution in [0.3, 0.4) is 0 Å². The van der Waals surface area contributed by atoms with Crippen molar-refractivity contribution in [2.45, 2.75) is 32.6 Å². The minimum Gasteiger partial charge on any atom is -0.495 e. The van der Waals surface area contributed by atoms with Crippen LogP contribution in [0.25, 0.3) is 0 Å². The largest absolute Gasteiger partial charge is 0.495 e. The lowest BCUT2D eigenvalue weighted by molar-refractivity contribution is 0.102. The molecule has 9 heteroatoms. The molecule has 0 aromatic heterocycles. The molecule has 1 N–H and O–H groups in total. The summed E-state index contributed by atoms with van der Waals surface area (Å²) in [6.45, 7) is 8.83. The average Bonchev–Trinajstić information content (AvgIpc) is 2.75. The number of carbonyl (C=O) groups is 1. The van der Waals surface area contributed by atoms with E-state index >= 15 is 0 Å². The van der Waals surface area contributed by atoms with Gasteiger partial charge in [0, 0.05) is 18.7 Å². The fourth-order valence-corrected chi connectivity index (χ4v) is 4.53. The van der Waals surface area contributed by atoms with Gasteiger partial charge in [-0.1, -0.05) is 13.8 Å². The Kier molecular flexibility index (Phi) is 8.70. The number of ether oxygens (including phenoxy) is 3. The molecule has 0 heterocycles. The van der Waals surface area contributed by atoms with Gasteiger partial charge in [-0.25, -0.2) is 8.42 Å². The number of nitrogens with zero attached hydrogens (tertiary/aromatic N) is 1. The Morgan fingerprint density at radius 1 is 0.903 bits per heavy atom. The maximum absolute atomic E-state index is 12.9. The molecule has 2 rings (SSSR count). The number of hydrogen-bond donors (Lipinski definition) is 1. The number of carbonyl (C=O) groups excluding carboxylic acids is 1. The van der Waals surface area contributed by atoms with Crippen LogP contribution in [-0.4, -0.2) is 52.0 Å². The van der Waals surface area contributed by atoms with Gasteiger partial charge in [-0.2, -0.15) is 4.31 Å². The SMILES string of the molecule is CCOc1ccc(C(=O)Nc2cc(S(=O)(=O)N(CC)CC)ccc2OC)cc1OCC. The van der Waals surface area contributed by atoms with Gasteiger partial charge in [-0.3, -0.25) is 4.79 Å². The Hall–Kier alpha value is -2.78. The predicted molar refractivity (Wildman–Crippen MR) is 120 cm³/mol. The van der Waals surface area contributed by atoms with Crippen LogP contribution in [0, 0.1) is 0 Å². The molecule has 1 amide bonds. The van der Waals surface area contributed by atoms with E-state index in [-0.39, 0.29) is 10.6 Å². The summed E-state index contributed by atoms with van der Waals surface area (Å²) < 4.78 is 43.5. The minimum absolute atomic E-state index is 0.0778. The minimum atomic E-state index is -3.69. The van der Waals surface area contributed by atoms with Crippen LogP contribution in [0.5, 0.6) is 17.2 Å². The second kappa shape index (κ2) is 11.0. The first-order chi connectivity index (χ1) is 14.8. The van der Waals surface area contributed by atoms with Crippen molar-refractivity contribution in [1.29, 1.82) is 0 Å². The summed E-state index contributed by atoms with van der Waals surface area (Å²) in [5.41, 5.74) is 0.596. The number of sulfonamides is 1. The molecule has 0 aliphatic carbocycles. The third kappa shape index (κ3) is 5.68. The summed E-state index contributed by atoms with van der Waals surface area (Å²) in [5, 5.41) is 2.74. The zero-order chi connectivity index (χ0) is 23.0. The van der Waals surface area contributed by atoms with Crippen LogP contribution in [0.1, 0.15) is 38.1 Å². The Balaban J connectivity index is 2.39. The Morgan fingerprint density at radius 2 is 1.52 bits per heavy atom. The number of rotatable bonds is 11. The van der Waals surface area contributed by atoms with E-state index in [0.717, 1.165) is 0 Å². The molecule has 2 aromatic carbocycles. The quantitative estimate of drug-likeness (QED) is 0.560. The summed E-state index contributed by atoms with van der Waals surface area (Å²) in [7, 11) is -2.23. The van der Waals surface area contributed by atoms with Crippen LogP contribution in [-0.2, 0) is 10.0 Å². The first kappa shape index (κ1) is 24.5. The van der Waals surface area contributed by atoms with Gasteiger partial charge in [-0.05, 0) is 50.2 Å². The highest BCUT2D eigenvalue weighted by Gasteiger charge is 2.23. The van der Waals surface area contributed by atoms with Crippen molar-refractivity contribution in [2.24, 2.45) is 0 Å². The van der Waals surface area contributed by atoms with E-state index < -0.39 is 15.9 Å².